The van der Waals surface area contributed by atoms with E-state index in [0.717, 1.165) is 117 Å². The zero-order valence-corrected chi connectivity index (χ0v) is 77.1. The molecule has 6 aliphatic heterocycles. The maximum Gasteiger partial charge on any atom is 0.332 e. The fourth-order valence-electron chi connectivity index (χ4n) is 18.2. The summed E-state index contributed by atoms with van der Waals surface area (Å²) in [5.41, 5.74) is 29.2. The van der Waals surface area contributed by atoms with Gasteiger partial charge in [0, 0.05) is 85.2 Å². The molecule has 7 amide bonds. The Kier molecular flexibility index (Phi) is 28.8. The van der Waals surface area contributed by atoms with Crippen molar-refractivity contribution in [2.24, 2.45) is 54.7 Å². The zero-order valence-electron chi connectivity index (χ0n) is 72.3. The van der Waals surface area contributed by atoms with Crippen LogP contribution in [0.1, 0.15) is 167 Å². The highest BCUT2D eigenvalue weighted by Crippen LogP contribution is 2.51. The number of carbonyl (C=O) groups is 6. The van der Waals surface area contributed by atoms with Crippen molar-refractivity contribution in [3.63, 3.8) is 0 Å². The summed E-state index contributed by atoms with van der Waals surface area (Å²) in [4.78, 5) is 116. The summed E-state index contributed by atoms with van der Waals surface area (Å²) in [6.45, 7) is 9.89. The molecule has 0 spiro atoms. The van der Waals surface area contributed by atoms with Crippen LogP contribution in [0.5, 0.6) is 0 Å². The number of β-amino-alcohol motifs (C(OH)–C–C–N with tert-alkyl or cyclic N) is 1. The van der Waals surface area contributed by atoms with E-state index in [4.69, 9.17) is 56.9 Å². The van der Waals surface area contributed by atoms with Gasteiger partial charge in [-0.05, 0) is 182 Å². The number of nitrogens with two attached hydrogens (primary N) is 5. The van der Waals surface area contributed by atoms with Crippen molar-refractivity contribution in [2.45, 2.75) is 183 Å². The van der Waals surface area contributed by atoms with Gasteiger partial charge in [0.05, 0.1) is 68.7 Å². The number of nitrogen functional groups attached to an aromatic ring is 1. The predicted molar refractivity (Wildman–Crippen MR) is 496 cm³/mol. The van der Waals surface area contributed by atoms with E-state index in [1.807, 2.05) is 66.5 Å². The summed E-state index contributed by atoms with van der Waals surface area (Å²) >= 11 is 18.2. The highest BCUT2D eigenvalue weighted by molar-refractivity contribution is 9.10. The maximum absolute atomic E-state index is 14.1. The number of likely N-dealkylation sites (N-methyl/N-ethyl adjacent to an activating group) is 2. The molecule has 28 nitrogen and oxygen atoms in total. The Morgan fingerprint density at radius 3 is 1.89 bits per heavy atom. The van der Waals surface area contributed by atoms with E-state index in [1.54, 1.807) is 106 Å². The number of benzene rings is 6. The van der Waals surface area contributed by atoms with Gasteiger partial charge in [-0.25, -0.2) is 37.9 Å². The molecule has 4 fully saturated rings. The highest BCUT2D eigenvalue weighted by atomic mass is 79.9. The quantitative estimate of drug-likeness (QED) is 0.0193. The first kappa shape index (κ1) is 94.5. The number of amides is 7. The number of aryl methyl sites for hydroxylation is 1. The summed E-state index contributed by atoms with van der Waals surface area (Å²) in [6.07, 6.45) is 17.3. The third-order valence-corrected chi connectivity index (χ3v) is 29.7. The average molecular weight is 1890 g/mol. The number of imide groups is 1. The molecule has 0 radical (unpaired) electrons. The normalized spacial score (nSPS) is 24.2. The number of halogens is 6. The van der Waals surface area contributed by atoms with Gasteiger partial charge >= 0.3 is 11.0 Å². The molecule has 128 heavy (non-hydrogen) atoms. The molecule has 3 aromatic heterocycles. The second-order valence-corrected chi connectivity index (χ2v) is 37.9. The van der Waals surface area contributed by atoms with Crippen molar-refractivity contribution in [1.82, 2.24) is 44.5 Å². The summed E-state index contributed by atoms with van der Waals surface area (Å²) in [7, 11) is 6.56. The van der Waals surface area contributed by atoms with E-state index in [0.29, 0.717) is 61.5 Å². The van der Waals surface area contributed by atoms with Crippen molar-refractivity contribution < 1.29 is 52.0 Å². The molecule has 36 heteroatoms. The number of likely N-dealkylation sites (tertiary alicyclic amines) is 1. The van der Waals surface area contributed by atoms with Crippen molar-refractivity contribution in [1.29, 1.82) is 0 Å². The lowest BCUT2D eigenvalue weighted by Crippen LogP contribution is -2.52. The summed E-state index contributed by atoms with van der Waals surface area (Å²) in [5.74, 6) is -1.90. The van der Waals surface area contributed by atoms with Crippen LogP contribution in [0.25, 0.3) is 22.0 Å². The van der Waals surface area contributed by atoms with Gasteiger partial charge in [0.25, 0.3) is 11.8 Å². The first-order valence-corrected chi connectivity index (χ1v) is 45.7. The van der Waals surface area contributed by atoms with Gasteiger partial charge in [0.15, 0.2) is 41.0 Å². The van der Waals surface area contributed by atoms with E-state index in [1.165, 1.54) is 109 Å². The van der Waals surface area contributed by atoms with Crippen LogP contribution in [0, 0.1) is 39.4 Å². The topological polar surface area (TPSA) is 395 Å². The number of nitrogens with zero attached hydrogens (tertiary/aromatic N) is 13. The number of hydrogen-bond donors (Lipinski definition) is 7. The number of anilines is 1. The fraction of sp³-hybridized carbons (Fsp3) is 0.402. The van der Waals surface area contributed by atoms with Crippen molar-refractivity contribution >= 4 is 143 Å². The number of thiophene rings is 2. The predicted octanol–water partition coefficient (Wildman–Crippen LogP) is 15.3. The number of aromatic nitrogens is 2. The number of fused-ring (bicyclic) bond motifs is 1. The Hall–Kier alpha value is -11.1. The lowest BCUT2D eigenvalue weighted by Gasteiger charge is -2.40. The maximum atomic E-state index is 14.1. The third-order valence-electron chi connectivity index (χ3n) is 25.6. The smallest absolute Gasteiger partial charge is 0.332 e. The SMILES string of the molecule is CCn1cc2cc([C@]3(C)CC(=O)N(C)C(N)=N3)ccc2n1.CN1C(=O)C(c2ccc(Cl)c(Cl)c2)[C@@](C)(c2sccc2Br)N=C1N.CN1C(=O)C[C@@](C)(c2cc(-c3ccc(F)c(N)c3)c([N+](=O)[O-])s2)N=C1N.CN1C(=O)[C@@](CCC2CCCCC2)(C[C@H]2CCC[C@@H](N3CC[C@@H](O)C3)C2)N=C1N.O=C1NC(c2ccccc2)(c2ccccc2)C(=O)N1Cc1cccc(F)c1F. The number of nitrogens with one attached hydrogen (secondary N) is 1. The van der Waals surface area contributed by atoms with Crippen LogP contribution >= 0.6 is 61.8 Å². The van der Waals surface area contributed by atoms with Gasteiger partial charge in [-0.15, -0.1) is 11.3 Å². The minimum atomic E-state index is -1.43. The van der Waals surface area contributed by atoms with E-state index in [9.17, 15) is 57.2 Å². The highest BCUT2D eigenvalue weighted by Gasteiger charge is 2.55. The molecule has 8 aliphatic rings. The van der Waals surface area contributed by atoms with Crippen molar-refractivity contribution in [3.05, 3.63) is 237 Å². The molecule has 6 aromatic carbocycles. The fourth-order valence-corrected chi connectivity index (χ4v) is 21.5. The second kappa shape index (κ2) is 39.0. The lowest BCUT2D eigenvalue weighted by atomic mass is 9.74. The molecule has 676 valence electrons. The Bertz CT molecular complexity index is 5800. The average Bonchev–Trinajstić information content (AvgIpc) is 1.60. The molecule has 0 bridgehead atoms. The summed E-state index contributed by atoms with van der Waals surface area (Å²) in [5, 5.41) is 32.4. The van der Waals surface area contributed by atoms with E-state index >= 15 is 0 Å². The minimum absolute atomic E-state index is 0.0191. The molecule has 9 aromatic rings. The molecule has 2 saturated heterocycles. The number of guanidine groups is 4. The van der Waals surface area contributed by atoms with E-state index in [-0.39, 0.29) is 76.8 Å². The van der Waals surface area contributed by atoms with Gasteiger partial charge in [0.1, 0.15) is 22.4 Å². The van der Waals surface area contributed by atoms with Crippen molar-refractivity contribution in [2.75, 3.05) is 47.0 Å². The van der Waals surface area contributed by atoms with Gasteiger partial charge in [-0.1, -0.05) is 170 Å². The van der Waals surface area contributed by atoms with Crippen LogP contribution in [0.2, 0.25) is 10.0 Å². The molecular weight excluding hydrogens is 1790 g/mol. The molecule has 2 saturated carbocycles. The van der Waals surface area contributed by atoms with Crippen molar-refractivity contribution in [3.8, 4) is 11.1 Å². The Morgan fingerprint density at radius 2 is 1.30 bits per heavy atom. The van der Waals surface area contributed by atoms with Gasteiger partial charge in [-0.2, -0.15) is 5.10 Å². The molecule has 2 aliphatic carbocycles. The van der Waals surface area contributed by atoms with Crippen LogP contribution in [0.4, 0.5) is 28.7 Å². The van der Waals surface area contributed by atoms with Gasteiger partial charge < -0.3 is 39.1 Å². The number of aliphatic hydroxyl groups excluding tert-OH is 1. The zero-order chi connectivity index (χ0) is 92.2. The molecular formula is C92H105BrCl2F3N19O9S2. The number of aliphatic imine (C=N–C) groups is 4. The number of rotatable bonds is 17. The number of hydrogen-bond acceptors (Lipinski definition) is 22. The molecule has 12 N–H and O–H groups in total. The van der Waals surface area contributed by atoms with Crippen LogP contribution in [0.15, 0.2) is 182 Å². The largest absolute Gasteiger partial charge is 0.396 e. The Morgan fingerprint density at radius 1 is 0.656 bits per heavy atom. The lowest BCUT2D eigenvalue weighted by molar-refractivity contribution is -0.379. The first-order chi connectivity index (χ1) is 60.8. The Balaban J connectivity index is 0.000000137. The Labute approximate surface area is 766 Å². The standard InChI is InChI=1S/C23H40N4O2.C22H16F2N2O2.C16H14BrCl2N3OS.C16H16FN5O3S.C15H19N5O/c1-26-21(29)23(25-22(26)24,12-10-17-6-3-2-4-7-17)15-18-8-5-9-19(14-18)27-13-11-20(28)16-27;23-18-13-7-8-15(19(18)24)14-26-20(27)22(25-21(26)28,16-9-3-1-4-10-16)17-11-5-2-6-12-17;1-16(13-9(17)5-6-24-13)12(14(23)22(2)15(20)21-16)8-3-4-10(18)11(19)7-8;1-16(7-13(23)21(2)15(19)20-16)12-6-9(14(26-12)22(24)25)8-3-4-10(17)11(18)5-8;1-4-20-9-10-7-11(5-6-12(10)18-20)15(2)8-13(21)19(3)14(16)17-15/h17-20,28H,2-16H2,1H3,(H2,24,25);1-13H,14H2,(H,25,28);3-7,12H,1-2H3,(H2,20,21);3-6H,7,18H2,1-2H3,(H2,19,20);5-7,9H,4,8H2,1-3H3,(H2,16,17)/t18-,19+,20+,23+;;12?,16-;16-;15-/m0.000/s1. The van der Waals surface area contributed by atoms with Gasteiger partial charge in [0.2, 0.25) is 17.7 Å². The van der Waals surface area contributed by atoms with Crippen LogP contribution in [-0.4, -0.2) is 168 Å². The number of nitro groups is 1. The van der Waals surface area contributed by atoms with Crippen LogP contribution in [0.3, 0.4) is 0 Å². The van der Waals surface area contributed by atoms with E-state index in [2.05, 4.69) is 53.1 Å². The van der Waals surface area contributed by atoms with Crippen LogP contribution < -0.4 is 34.0 Å². The summed E-state index contributed by atoms with van der Waals surface area (Å²) in [6, 6.07) is 39.9. The van der Waals surface area contributed by atoms with E-state index < -0.39 is 67.9 Å². The number of aliphatic hydroxyl groups is 1. The third kappa shape index (κ3) is 19.7. The molecule has 17 rings (SSSR count). The molecule has 9 heterocycles. The monoisotopic (exact) mass is 1890 g/mol. The number of urea groups is 1. The first-order valence-electron chi connectivity index (χ1n) is 42.4. The minimum Gasteiger partial charge on any atom is -0.396 e. The molecule has 8 atom stereocenters. The number of carbonyl (C=O) groups excluding carboxylic acids is 6. The molecule has 1 unspecified atom stereocenters. The van der Waals surface area contributed by atoms with Crippen LogP contribution in [-0.2, 0) is 59.2 Å². The summed E-state index contributed by atoms with van der Waals surface area (Å²) < 4.78 is 43.9. The second-order valence-electron chi connectivity index (χ2n) is 34.3. The van der Waals surface area contributed by atoms with Gasteiger partial charge in [-0.3, -0.25) is 68.2 Å².